The second-order valence-corrected chi connectivity index (χ2v) is 6.79. The monoisotopic (exact) mass is 382 g/mol. The molecule has 1 fully saturated rings. The number of aromatic nitrogens is 4. The summed E-state index contributed by atoms with van der Waals surface area (Å²) in [6, 6.07) is 11.9. The Labute approximate surface area is 165 Å². The maximum Gasteiger partial charge on any atom is 0.163 e. The maximum absolute atomic E-state index is 5.45. The van der Waals surface area contributed by atoms with Crippen molar-refractivity contribution in [2.24, 2.45) is 0 Å². The van der Waals surface area contributed by atoms with E-state index >= 15 is 0 Å². The lowest BCUT2D eigenvalue weighted by Gasteiger charge is -2.24. The highest BCUT2D eigenvalue weighted by molar-refractivity contribution is 5.65. The van der Waals surface area contributed by atoms with Crippen LogP contribution >= 0.6 is 0 Å². The van der Waals surface area contributed by atoms with Crippen LogP contribution in [0, 0.1) is 6.92 Å². The van der Waals surface area contributed by atoms with Crippen LogP contribution in [0.1, 0.15) is 20.0 Å². The van der Waals surface area contributed by atoms with Crippen molar-refractivity contribution in [3.8, 4) is 17.1 Å². The number of hydrogen-bond acceptors (Lipinski definition) is 7. The second-order valence-electron chi connectivity index (χ2n) is 6.79. The topological polar surface area (TPSA) is 97.0 Å². The molecule has 4 rings (SSSR count). The first-order valence-corrected chi connectivity index (χ1v) is 9.36. The Kier molecular flexibility index (Phi) is 5.38. The first kappa shape index (κ1) is 18.2. The number of aryl methyl sites for hydroxylation is 1. The third kappa shape index (κ3) is 4.40. The lowest BCUT2D eigenvalue weighted by molar-refractivity contribution is 0.0904. The molecular formula is C20H26N6O2. The fourth-order valence-electron chi connectivity index (χ4n) is 3.14. The number of hydrogen-bond donors (Lipinski definition) is 3. The van der Waals surface area contributed by atoms with E-state index in [9.17, 15) is 0 Å². The van der Waals surface area contributed by atoms with Gasteiger partial charge >= 0.3 is 0 Å². The molecule has 3 N–H and O–H groups in total. The standard InChI is InChI=1S/C20H24N6O2.H2/c1-13-10-19(26-25-13)22-18-12-17(21-15-6-8-28-9-7-15)23-20(24-18)14-4-3-5-16(11-14)27-2;/h3-5,10-12,15H,6-9H2,1-2H3,(H3,21,22,23,24,25,26);1H. The van der Waals surface area contributed by atoms with Gasteiger partial charge in [0.2, 0.25) is 0 Å². The Morgan fingerprint density at radius 3 is 2.68 bits per heavy atom. The van der Waals surface area contributed by atoms with Gasteiger partial charge in [-0.2, -0.15) is 5.10 Å². The van der Waals surface area contributed by atoms with Crippen LogP contribution in [0.3, 0.4) is 0 Å². The maximum atomic E-state index is 5.45. The molecule has 0 bridgehead atoms. The Morgan fingerprint density at radius 1 is 1.11 bits per heavy atom. The lowest BCUT2D eigenvalue weighted by Crippen LogP contribution is -2.28. The number of ether oxygens (including phenoxy) is 2. The molecule has 1 aliphatic rings. The average Bonchev–Trinajstić information content (AvgIpc) is 3.13. The van der Waals surface area contributed by atoms with Crippen LogP contribution < -0.4 is 15.4 Å². The van der Waals surface area contributed by atoms with Crippen molar-refractivity contribution >= 4 is 17.5 Å². The van der Waals surface area contributed by atoms with Gasteiger partial charge in [-0.3, -0.25) is 5.10 Å². The molecule has 0 radical (unpaired) electrons. The molecule has 0 unspecified atom stereocenters. The largest absolute Gasteiger partial charge is 0.497 e. The first-order chi connectivity index (χ1) is 13.7. The Balaban J connectivity index is 0.00000240. The molecule has 0 atom stereocenters. The van der Waals surface area contributed by atoms with Crippen molar-refractivity contribution in [2.45, 2.75) is 25.8 Å². The molecule has 8 nitrogen and oxygen atoms in total. The molecule has 1 aromatic carbocycles. The molecule has 2 aromatic heterocycles. The van der Waals surface area contributed by atoms with Gasteiger partial charge in [-0.15, -0.1) is 0 Å². The van der Waals surface area contributed by atoms with E-state index in [0.29, 0.717) is 23.5 Å². The molecule has 0 aliphatic carbocycles. The Hall–Kier alpha value is -3.13. The number of benzene rings is 1. The number of nitrogens with one attached hydrogen (secondary N) is 3. The van der Waals surface area contributed by atoms with E-state index in [2.05, 4.69) is 25.8 Å². The minimum absolute atomic E-state index is 0. The predicted molar refractivity (Wildman–Crippen MR) is 110 cm³/mol. The van der Waals surface area contributed by atoms with Crippen molar-refractivity contribution in [3.63, 3.8) is 0 Å². The highest BCUT2D eigenvalue weighted by Crippen LogP contribution is 2.26. The zero-order chi connectivity index (χ0) is 19.3. The normalized spacial score (nSPS) is 14.6. The quantitative estimate of drug-likeness (QED) is 0.597. The van der Waals surface area contributed by atoms with Gasteiger partial charge in [-0.1, -0.05) is 12.1 Å². The summed E-state index contributed by atoms with van der Waals surface area (Å²) in [5.41, 5.74) is 1.86. The second kappa shape index (κ2) is 8.26. The molecule has 0 saturated carbocycles. The summed E-state index contributed by atoms with van der Waals surface area (Å²) in [5.74, 6) is 3.54. The predicted octanol–water partition coefficient (Wildman–Crippen LogP) is 3.76. The number of H-pyrrole nitrogens is 1. The summed E-state index contributed by atoms with van der Waals surface area (Å²) in [7, 11) is 1.65. The number of aromatic amines is 1. The van der Waals surface area contributed by atoms with Crippen LogP contribution in [0.4, 0.5) is 17.5 Å². The van der Waals surface area contributed by atoms with Crippen LogP contribution in [-0.4, -0.2) is 46.5 Å². The zero-order valence-electron chi connectivity index (χ0n) is 16.0. The van der Waals surface area contributed by atoms with Gasteiger partial charge in [0.25, 0.3) is 0 Å². The summed E-state index contributed by atoms with van der Waals surface area (Å²) in [6.45, 7) is 3.49. The Bertz CT molecular complexity index is 942. The SMILES string of the molecule is COc1cccc(-c2nc(Nc3cc(C)[nH]n3)cc(NC3CCOCC3)n2)c1.[HH]. The van der Waals surface area contributed by atoms with Crippen LogP contribution in [0.25, 0.3) is 11.4 Å². The molecule has 0 spiro atoms. The molecule has 1 saturated heterocycles. The first-order valence-electron chi connectivity index (χ1n) is 9.36. The molecule has 0 amide bonds. The molecule has 1 aliphatic heterocycles. The van der Waals surface area contributed by atoms with Crippen molar-refractivity contribution < 1.29 is 10.9 Å². The molecule has 3 aromatic rings. The summed E-state index contributed by atoms with van der Waals surface area (Å²) in [5, 5.41) is 13.9. The minimum atomic E-state index is 0. The van der Waals surface area contributed by atoms with Gasteiger partial charge < -0.3 is 20.1 Å². The Morgan fingerprint density at radius 2 is 1.93 bits per heavy atom. The van der Waals surface area contributed by atoms with E-state index in [1.807, 2.05) is 43.3 Å². The van der Waals surface area contributed by atoms with Crippen LogP contribution in [0.2, 0.25) is 0 Å². The van der Waals surface area contributed by atoms with Crippen LogP contribution in [-0.2, 0) is 4.74 Å². The average molecular weight is 382 g/mol. The van der Waals surface area contributed by atoms with E-state index in [1.165, 1.54) is 0 Å². The van der Waals surface area contributed by atoms with Gasteiger partial charge in [0.05, 0.1) is 7.11 Å². The smallest absolute Gasteiger partial charge is 0.163 e. The lowest BCUT2D eigenvalue weighted by atomic mass is 10.1. The fraction of sp³-hybridized carbons (Fsp3) is 0.350. The van der Waals surface area contributed by atoms with E-state index < -0.39 is 0 Å². The van der Waals surface area contributed by atoms with Gasteiger partial charge in [0, 0.05) is 44.1 Å². The number of nitrogens with zero attached hydrogens (tertiary/aromatic N) is 3. The number of rotatable bonds is 6. The molecule has 8 heteroatoms. The number of anilines is 3. The van der Waals surface area contributed by atoms with Crippen LogP contribution in [0.15, 0.2) is 36.4 Å². The van der Waals surface area contributed by atoms with Gasteiger partial charge in [-0.25, -0.2) is 9.97 Å². The molecule has 28 heavy (non-hydrogen) atoms. The van der Waals surface area contributed by atoms with E-state index in [-0.39, 0.29) is 1.43 Å². The van der Waals surface area contributed by atoms with Crippen molar-refractivity contribution in [2.75, 3.05) is 31.0 Å². The summed E-state index contributed by atoms with van der Waals surface area (Å²) >= 11 is 0. The highest BCUT2D eigenvalue weighted by Gasteiger charge is 2.16. The van der Waals surface area contributed by atoms with Crippen molar-refractivity contribution in [1.82, 2.24) is 20.2 Å². The zero-order valence-corrected chi connectivity index (χ0v) is 16.0. The third-order valence-corrected chi connectivity index (χ3v) is 4.59. The molecular weight excluding hydrogens is 356 g/mol. The van der Waals surface area contributed by atoms with E-state index in [1.54, 1.807) is 7.11 Å². The van der Waals surface area contributed by atoms with Crippen LogP contribution in [0.5, 0.6) is 5.75 Å². The number of methoxy groups -OCH3 is 1. The van der Waals surface area contributed by atoms with Crippen molar-refractivity contribution in [3.05, 3.63) is 42.1 Å². The fourth-order valence-corrected chi connectivity index (χ4v) is 3.14. The minimum Gasteiger partial charge on any atom is -0.497 e. The summed E-state index contributed by atoms with van der Waals surface area (Å²) in [6.07, 6.45) is 1.92. The van der Waals surface area contributed by atoms with E-state index in [4.69, 9.17) is 14.5 Å². The van der Waals surface area contributed by atoms with E-state index in [0.717, 1.165) is 48.9 Å². The van der Waals surface area contributed by atoms with Gasteiger partial charge in [0.15, 0.2) is 11.6 Å². The third-order valence-electron chi connectivity index (χ3n) is 4.59. The van der Waals surface area contributed by atoms with Gasteiger partial charge in [-0.05, 0) is 31.9 Å². The highest BCUT2D eigenvalue weighted by atomic mass is 16.5. The summed E-state index contributed by atoms with van der Waals surface area (Å²) < 4.78 is 10.8. The van der Waals surface area contributed by atoms with Gasteiger partial charge in [0.1, 0.15) is 17.4 Å². The molecule has 3 heterocycles. The molecule has 148 valence electrons. The summed E-state index contributed by atoms with van der Waals surface area (Å²) in [4.78, 5) is 9.41. The van der Waals surface area contributed by atoms with Crippen molar-refractivity contribution in [1.29, 1.82) is 0 Å².